The lowest BCUT2D eigenvalue weighted by atomic mass is 10.1. The molecule has 0 aliphatic carbocycles. The first-order chi connectivity index (χ1) is 9.97. The molecule has 0 saturated carbocycles. The summed E-state index contributed by atoms with van der Waals surface area (Å²) in [6.07, 6.45) is 2.17. The van der Waals surface area contributed by atoms with E-state index in [1.54, 1.807) is 25.1 Å². The molecule has 1 aromatic carbocycles. The third-order valence-electron chi connectivity index (χ3n) is 3.06. The second-order valence-corrected chi connectivity index (χ2v) is 5.49. The third kappa shape index (κ3) is 4.09. The predicted octanol–water partition coefficient (Wildman–Crippen LogP) is 3.41. The van der Waals surface area contributed by atoms with Gasteiger partial charge in [0.25, 0.3) is 0 Å². The van der Waals surface area contributed by atoms with Crippen LogP contribution < -0.4 is 5.43 Å². The second kappa shape index (κ2) is 6.78. The zero-order valence-corrected chi connectivity index (χ0v) is 13.2. The molecule has 1 aromatic heterocycles. The van der Waals surface area contributed by atoms with Crippen molar-refractivity contribution in [2.24, 2.45) is 12.1 Å². The molecule has 1 amide bonds. The molecule has 0 spiro atoms. The summed E-state index contributed by atoms with van der Waals surface area (Å²) in [5.74, 6) is -0.179. The van der Waals surface area contributed by atoms with E-state index < -0.39 is 0 Å². The number of benzene rings is 1. The van der Waals surface area contributed by atoms with E-state index in [4.69, 9.17) is 23.2 Å². The van der Waals surface area contributed by atoms with Crippen LogP contribution in [0, 0.1) is 0 Å². The predicted molar refractivity (Wildman–Crippen MR) is 85.9 cm³/mol. The maximum atomic E-state index is 11.9. The number of aryl methyl sites for hydroxylation is 1. The summed E-state index contributed by atoms with van der Waals surface area (Å²) in [6, 6.07) is 8.93. The molecule has 0 bridgehead atoms. The highest BCUT2D eigenvalue weighted by molar-refractivity contribution is 6.37. The monoisotopic (exact) mass is 323 g/mol. The Morgan fingerprint density at radius 1 is 1.33 bits per heavy atom. The first-order valence-corrected chi connectivity index (χ1v) is 7.11. The first-order valence-electron chi connectivity index (χ1n) is 6.36. The van der Waals surface area contributed by atoms with Crippen LogP contribution in [0.3, 0.4) is 0 Å². The van der Waals surface area contributed by atoms with E-state index in [9.17, 15) is 4.79 Å². The highest BCUT2D eigenvalue weighted by atomic mass is 35.5. The fourth-order valence-electron chi connectivity index (χ4n) is 1.87. The Hall–Kier alpha value is -1.78. The van der Waals surface area contributed by atoms with Gasteiger partial charge in [0, 0.05) is 29.5 Å². The van der Waals surface area contributed by atoms with Crippen LogP contribution in [0.1, 0.15) is 18.2 Å². The van der Waals surface area contributed by atoms with Gasteiger partial charge in [-0.1, -0.05) is 29.3 Å². The topological polar surface area (TPSA) is 46.4 Å². The molecule has 0 aliphatic rings. The van der Waals surface area contributed by atoms with Gasteiger partial charge < -0.3 is 4.57 Å². The van der Waals surface area contributed by atoms with Crippen molar-refractivity contribution >= 4 is 34.8 Å². The third-order valence-corrected chi connectivity index (χ3v) is 3.61. The molecule has 0 saturated heterocycles. The standard InChI is InChI=1S/C15H15Cl2N3O/c1-10(13-6-5-11(16)8-14(13)17)18-19-15(21)9-12-4-3-7-20(12)2/h3-8H,9H2,1-2H3,(H,19,21)/b18-10-. The van der Waals surface area contributed by atoms with Crippen molar-refractivity contribution in [2.45, 2.75) is 13.3 Å². The van der Waals surface area contributed by atoms with Gasteiger partial charge in [-0.3, -0.25) is 4.79 Å². The first kappa shape index (κ1) is 15.6. The number of hydrazone groups is 1. The van der Waals surface area contributed by atoms with Gasteiger partial charge >= 0.3 is 0 Å². The summed E-state index contributed by atoms with van der Waals surface area (Å²) in [4.78, 5) is 11.9. The second-order valence-electron chi connectivity index (χ2n) is 4.64. The summed E-state index contributed by atoms with van der Waals surface area (Å²) in [6.45, 7) is 1.78. The van der Waals surface area contributed by atoms with Gasteiger partial charge in [0.2, 0.25) is 5.91 Å². The van der Waals surface area contributed by atoms with Crippen molar-refractivity contribution in [3.05, 3.63) is 57.8 Å². The van der Waals surface area contributed by atoms with Crippen molar-refractivity contribution in [1.29, 1.82) is 0 Å². The van der Waals surface area contributed by atoms with Crippen LogP contribution in [0.25, 0.3) is 0 Å². The zero-order chi connectivity index (χ0) is 15.4. The molecule has 1 N–H and O–H groups in total. The number of carbonyl (C=O) groups is 1. The van der Waals surface area contributed by atoms with E-state index in [0.29, 0.717) is 15.8 Å². The van der Waals surface area contributed by atoms with Gasteiger partial charge in [0.1, 0.15) is 0 Å². The highest BCUT2D eigenvalue weighted by Crippen LogP contribution is 2.21. The van der Waals surface area contributed by atoms with Crippen molar-refractivity contribution < 1.29 is 4.79 Å². The molecule has 2 rings (SSSR count). The van der Waals surface area contributed by atoms with Gasteiger partial charge in [0.15, 0.2) is 0 Å². The molecule has 21 heavy (non-hydrogen) atoms. The number of amides is 1. The van der Waals surface area contributed by atoms with Crippen molar-refractivity contribution in [1.82, 2.24) is 9.99 Å². The lowest BCUT2D eigenvalue weighted by Crippen LogP contribution is -2.22. The van der Waals surface area contributed by atoms with E-state index in [1.165, 1.54) is 0 Å². The number of halogens is 2. The Kier molecular flexibility index (Phi) is 5.04. The normalized spacial score (nSPS) is 11.5. The number of nitrogens with one attached hydrogen (secondary N) is 1. The maximum absolute atomic E-state index is 11.9. The van der Waals surface area contributed by atoms with Crippen molar-refractivity contribution in [2.75, 3.05) is 0 Å². The number of nitrogens with zero attached hydrogens (tertiary/aromatic N) is 2. The fourth-order valence-corrected chi connectivity index (χ4v) is 2.42. The van der Waals surface area contributed by atoms with Gasteiger partial charge in [-0.25, -0.2) is 5.43 Å². The molecule has 2 aromatic rings. The van der Waals surface area contributed by atoms with Crippen molar-refractivity contribution in [3.8, 4) is 0 Å². The van der Waals surface area contributed by atoms with Gasteiger partial charge in [0.05, 0.1) is 17.2 Å². The Labute approximate surface area is 133 Å². The molecule has 0 radical (unpaired) electrons. The van der Waals surface area contributed by atoms with E-state index in [2.05, 4.69) is 10.5 Å². The minimum Gasteiger partial charge on any atom is -0.354 e. The number of hydrogen-bond donors (Lipinski definition) is 1. The van der Waals surface area contributed by atoms with E-state index in [0.717, 1.165) is 11.3 Å². The van der Waals surface area contributed by atoms with Gasteiger partial charge in [-0.2, -0.15) is 5.10 Å². The smallest absolute Gasteiger partial charge is 0.246 e. The van der Waals surface area contributed by atoms with Crippen LogP contribution in [0.5, 0.6) is 0 Å². The summed E-state index contributed by atoms with van der Waals surface area (Å²) in [7, 11) is 1.89. The van der Waals surface area contributed by atoms with Crippen LogP contribution in [-0.4, -0.2) is 16.2 Å². The quantitative estimate of drug-likeness (QED) is 0.680. The zero-order valence-electron chi connectivity index (χ0n) is 11.7. The Bertz CT molecular complexity index is 692. The summed E-state index contributed by atoms with van der Waals surface area (Å²) >= 11 is 11.9. The van der Waals surface area contributed by atoms with Crippen LogP contribution in [0.15, 0.2) is 41.6 Å². The van der Waals surface area contributed by atoms with Crippen LogP contribution in [0.4, 0.5) is 0 Å². The van der Waals surface area contributed by atoms with Crippen molar-refractivity contribution in [3.63, 3.8) is 0 Å². The van der Waals surface area contributed by atoms with Crippen LogP contribution in [0.2, 0.25) is 10.0 Å². The molecular formula is C15H15Cl2N3O. The Morgan fingerprint density at radius 3 is 2.71 bits per heavy atom. The summed E-state index contributed by atoms with van der Waals surface area (Å²) < 4.78 is 1.90. The molecule has 0 aliphatic heterocycles. The molecule has 1 heterocycles. The van der Waals surface area contributed by atoms with Gasteiger partial charge in [-0.05, 0) is 31.2 Å². The molecule has 6 heteroatoms. The number of carbonyl (C=O) groups excluding carboxylic acids is 1. The molecular weight excluding hydrogens is 309 g/mol. The molecule has 0 unspecified atom stereocenters. The number of aromatic nitrogens is 1. The Balaban J connectivity index is 2.03. The van der Waals surface area contributed by atoms with E-state index >= 15 is 0 Å². The minimum atomic E-state index is -0.179. The molecule has 4 nitrogen and oxygen atoms in total. The van der Waals surface area contributed by atoms with Crippen LogP contribution >= 0.6 is 23.2 Å². The SMILES string of the molecule is C/C(=N/NC(=O)Cc1cccn1C)c1ccc(Cl)cc1Cl. The van der Waals surface area contributed by atoms with E-state index in [-0.39, 0.29) is 12.3 Å². The lowest BCUT2D eigenvalue weighted by Gasteiger charge is -2.06. The molecule has 110 valence electrons. The average Bonchev–Trinajstić information content (AvgIpc) is 2.81. The highest BCUT2D eigenvalue weighted by Gasteiger charge is 2.07. The summed E-state index contributed by atoms with van der Waals surface area (Å²) in [5, 5.41) is 5.14. The number of rotatable bonds is 4. The van der Waals surface area contributed by atoms with Crippen LogP contribution in [-0.2, 0) is 18.3 Å². The minimum absolute atomic E-state index is 0.179. The fraction of sp³-hybridized carbons (Fsp3) is 0.200. The summed E-state index contributed by atoms with van der Waals surface area (Å²) in [5.41, 5.74) is 4.81. The maximum Gasteiger partial charge on any atom is 0.246 e. The molecule has 0 fully saturated rings. The average molecular weight is 324 g/mol. The lowest BCUT2D eigenvalue weighted by molar-refractivity contribution is -0.120. The number of hydrogen-bond acceptors (Lipinski definition) is 2. The molecule has 0 atom stereocenters. The largest absolute Gasteiger partial charge is 0.354 e. The van der Waals surface area contributed by atoms with Gasteiger partial charge in [-0.15, -0.1) is 0 Å². The Morgan fingerprint density at radius 2 is 2.10 bits per heavy atom. The van der Waals surface area contributed by atoms with E-state index in [1.807, 2.05) is 29.9 Å².